The Bertz CT molecular complexity index is 635. The van der Waals surface area contributed by atoms with E-state index in [1.165, 1.54) is 23.5 Å². The minimum Gasteiger partial charge on any atom is -0.392 e. The third kappa shape index (κ3) is 3.06. The second-order valence-electron chi connectivity index (χ2n) is 4.95. The second-order valence-corrected chi connectivity index (χ2v) is 7.70. The molecule has 2 unspecified atom stereocenters. The second kappa shape index (κ2) is 6.40. The van der Waals surface area contributed by atoms with Gasteiger partial charge in [0.25, 0.3) is 0 Å². The average molecular weight is 354 g/mol. The Morgan fingerprint density at radius 1 is 1.43 bits per heavy atom. The Balaban J connectivity index is 2.44. The van der Waals surface area contributed by atoms with Crippen molar-refractivity contribution in [2.45, 2.75) is 37.0 Å². The van der Waals surface area contributed by atoms with Crippen LogP contribution >= 0.6 is 23.2 Å². The van der Waals surface area contributed by atoms with Crippen LogP contribution in [0.4, 0.5) is 0 Å². The summed E-state index contributed by atoms with van der Waals surface area (Å²) in [6.07, 6.45) is 0.461. The molecule has 0 amide bonds. The first-order chi connectivity index (χ1) is 9.80. The summed E-state index contributed by atoms with van der Waals surface area (Å²) in [6.45, 7) is 1.95. The lowest BCUT2D eigenvalue weighted by molar-refractivity contribution is 0.102. The van der Waals surface area contributed by atoms with Crippen LogP contribution in [0.5, 0.6) is 0 Å². The number of hydrogen-bond acceptors (Lipinski definition) is 4. The molecule has 0 spiro atoms. The van der Waals surface area contributed by atoms with Crippen LogP contribution < -0.4 is 0 Å². The number of rotatable bonds is 4. The Labute approximate surface area is 134 Å². The molecule has 2 rings (SSSR count). The zero-order chi connectivity index (χ0) is 15.8. The molecule has 0 bridgehead atoms. The average Bonchev–Trinajstić information content (AvgIpc) is 2.84. The van der Waals surface area contributed by atoms with E-state index < -0.39 is 16.6 Å². The fraction of sp³-hybridized carbons (Fsp3) is 0.538. The van der Waals surface area contributed by atoms with Gasteiger partial charge >= 0.3 is 0 Å². The number of ether oxygens (including phenoxy) is 1. The summed E-state index contributed by atoms with van der Waals surface area (Å²) in [5, 5.41) is 9.48. The molecular weight excluding hydrogens is 337 g/mol. The summed E-state index contributed by atoms with van der Waals surface area (Å²) in [6, 6.07) is 2.55. The first kappa shape index (κ1) is 17.0. The predicted molar refractivity (Wildman–Crippen MR) is 81.2 cm³/mol. The topological polar surface area (TPSA) is 66.8 Å². The molecule has 21 heavy (non-hydrogen) atoms. The summed E-state index contributed by atoms with van der Waals surface area (Å²) < 4.78 is 32.1. The van der Waals surface area contributed by atoms with Crippen LogP contribution in [-0.2, 0) is 21.4 Å². The Hall–Kier alpha value is -0.370. The van der Waals surface area contributed by atoms with Gasteiger partial charge in [-0.05, 0) is 25.5 Å². The highest BCUT2D eigenvalue weighted by Gasteiger charge is 2.36. The lowest BCUT2D eigenvalue weighted by atomic mass is 10.2. The maximum absolute atomic E-state index is 12.7. The van der Waals surface area contributed by atoms with Crippen LogP contribution in [0.25, 0.3) is 0 Å². The third-order valence-corrected chi connectivity index (χ3v) is 6.59. The molecule has 1 aromatic rings. The summed E-state index contributed by atoms with van der Waals surface area (Å²) in [4.78, 5) is -0.0563. The molecule has 118 valence electrons. The van der Waals surface area contributed by atoms with E-state index in [1.807, 2.05) is 6.92 Å². The Kier molecular flexibility index (Phi) is 5.18. The summed E-state index contributed by atoms with van der Waals surface area (Å²) in [7, 11) is -2.28. The fourth-order valence-electron chi connectivity index (χ4n) is 2.45. The summed E-state index contributed by atoms with van der Waals surface area (Å²) in [5.41, 5.74) is 0.212. The van der Waals surface area contributed by atoms with Gasteiger partial charge in [-0.15, -0.1) is 0 Å². The molecule has 0 aromatic heterocycles. The van der Waals surface area contributed by atoms with E-state index in [-0.39, 0.29) is 32.7 Å². The standard InChI is InChI=1S/C13H17Cl2NO4S/c1-8-11(5-6-20-8)16(2)21(18,19)12-4-3-10(14)9(7-17)13(12)15/h3-4,8,11,17H,5-7H2,1-2H3. The molecule has 8 heteroatoms. The van der Waals surface area contributed by atoms with Crippen LogP contribution in [0.3, 0.4) is 0 Å². The van der Waals surface area contributed by atoms with Crippen LogP contribution in [0.1, 0.15) is 18.9 Å². The van der Waals surface area contributed by atoms with Crippen molar-refractivity contribution >= 4 is 33.2 Å². The van der Waals surface area contributed by atoms with E-state index >= 15 is 0 Å². The first-order valence-corrected chi connectivity index (χ1v) is 8.67. The lowest BCUT2D eigenvalue weighted by Crippen LogP contribution is -2.41. The molecule has 1 heterocycles. The van der Waals surface area contributed by atoms with Gasteiger partial charge in [-0.2, -0.15) is 4.31 Å². The SMILES string of the molecule is CC1OCCC1N(C)S(=O)(=O)c1ccc(Cl)c(CO)c1Cl. The van der Waals surface area contributed by atoms with E-state index in [0.29, 0.717) is 13.0 Å². The van der Waals surface area contributed by atoms with E-state index in [1.54, 1.807) is 0 Å². The van der Waals surface area contributed by atoms with E-state index in [4.69, 9.17) is 27.9 Å². The van der Waals surface area contributed by atoms with Crippen molar-refractivity contribution in [3.8, 4) is 0 Å². The molecular formula is C13H17Cl2NO4S. The minimum absolute atomic E-state index is 0.0385. The van der Waals surface area contributed by atoms with Crippen molar-refractivity contribution in [2.24, 2.45) is 0 Å². The Morgan fingerprint density at radius 2 is 2.10 bits per heavy atom. The van der Waals surface area contributed by atoms with Gasteiger partial charge in [-0.25, -0.2) is 8.42 Å². The molecule has 1 saturated heterocycles. The molecule has 1 N–H and O–H groups in total. The van der Waals surface area contributed by atoms with Gasteiger partial charge in [0.1, 0.15) is 4.90 Å². The monoisotopic (exact) mass is 353 g/mol. The maximum Gasteiger partial charge on any atom is 0.244 e. The Morgan fingerprint density at radius 3 is 2.62 bits per heavy atom. The van der Waals surface area contributed by atoms with E-state index in [9.17, 15) is 13.5 Å². The zero-order valence-corrected chi connectivity index (χ0v) is 14.0. The van der Waals surface area contributed by atoms with Crippen molar-refractivity contribution in [1.82, 2.24) is 4.31 Å². The highest BCUT2D eigenvalue weighted by atomic mass is 35.5. The normalized spacial score (nSPS) is 23.0. The maximum atomic E-state index is 12.7. The van der Waals surface area contributed by atoms with Crippen LogP contribution in [0, 0.1) is 0 Å². The van der Waals surface area contributed by atoms with Crippen LogP contribution in [0.15, 0.2) is 17.0 Å². The number of benzene rings is 1. The number of sulfonamides is 1. The molecule has 1 aromatic carbocycles. The number of hydrogen-bond donors (Lipinski definition) is 1. The molecule has 1 aliphatic rings. The molecule has 0 aliphatic carbocycles. The van der Waals surface area contributed by atoms with Crippen molar-refractivity contribution in [2.75, 3.05) is 13.7 Å². The lowest BCUT2D eigenvalue weighted by Gasteiger charge is -2.26. The largest absolute Gasteiger partial charge is 0.392 e. The number of aliphatic hydroxyl groups is 1. The van der Waals surface area contributed by atoms with Crippen molar-refractivity contribution < 1.29 is 18.3 Å². The third-order valence-electron chi connectivity index (χ3n) is 3.77. The molecule has 1 aliphatic heterocycles. The number of aliphatic hydroxyl groups excluding tert-OH is 1. The van der Waals surface area contributed by atoms with E-state index in [0.717, 1.165) is 0 Å². The number of halogens is 2. The number of nitrogens with zero attached hydrogens (tertiary/aromatic N) is 1. The fourth-order valence-corrected chi connectivity index (χ4v) is 4.77. The van der Waals surface area contributed by atoms with Gasteiger partial charge in [0, 0.05) is 24.2 Å². The van der Waals surface area contributed by atoms with Gasteiger partial charge in [0.15, 0.2) is 0 Å². The van der Waals surface area contributed by atoms with E-state index in [2.05, 4.69) is 0 Å². The van der Waals surface area contributed by atoms with Crippen molar-refractivity contribution in [1.29, 1.82) is 0 Å². The summed E-state index contributed by atoms with van der Waals surface area (Å²) >= 11 is 12.0. The predicted octanol–water partition coefficient (Wildman–Crippen LogP) is 2.28. The highest BCUT2D eigenvalue weighted by molar-refractivity contribution is 7.89. The highest BCUT2D eigenvalue weighted by Crippen LogP contribution is 2.34. The summed E-state index contributed by atoms with van der Waals surface area (Å²) in [5.74, 6) is 0. The molecule has 0 saturated carbocycles. The quantitative estimate of drug-likeness (QED) is 0.901. The smallest absolute Gasteiger partial charge is 0.244 e. The molecule has 1 fully saturated rings. The van der Waals surface area contributed by atoms with Gasteiger partial charge in [-0.1, -0.05) is 23.2 Å². The molecule has 2 atom stereocenters. The zero-order valence-electron chi connectivity index (χ0n) is 11.7. The van der Waals surface area contributed by atoms with Gasteiger partial charge in [-0.3, -0.25) is 0 Å². The first-order valence-electron chi connectivity index (χ1n) is 6.48. The van der Waals surface area contributed by atoms with Crippen LogP contribution in [0.2, 0.25) is 10.0 Å². The van der Waals surface area contributed by atoms with Crippen molar-refractivity contribution in [3.63, 3.8) is 0 Å². The van der Waals surface area contributed by atoms with Gasteiger partial charge < -0.3 is 9.84 Å². The molecule has 0 radical (unpaired) electrons. The minimum atomic E-state index is -3.78. The molecule has 5 nitrogen and oxygen atoms in total. The van der Waals surface area contributed by atoms with Gasteiger partial charge in [0.05, 0.1) is 23.8 Å². The van der Waals surface area contributed by atoms with Gasteiger partial charge in [0.2, 0.25) is 10.0 Å². The van der Waals surface area contributed by atoms with Crippen LogP contribution in [-0.4, -0.2) is 43.6 Å². The number of likely N-dealkylation sites (N-methyl/N-ethyl adjacent to an activating group) is 1. The van der Waals surface area contributed by atoms with Crippen molar-refractivity contribution in [3.05, 3.63) is 27.7 Å².